The number of carboxylic acid groups (broad SMARTS) is 1. The fraction of sp³-hybridized carbons (Fsp3) is 0.385. The summed E-state index contributed by atoms with van der Waals surface area (Å²) in [5, 5.41) is 20.9. The third-order valence-electron chi connectivity index (χ3n) is 2.78. The first-order valence-electron chi connectivity index (χ1n) is 6.03. The van der Waals surface area contributed by atoms with Gasteiger partial charge in [0.1, 0.15) is 11.3 Å². The van der Waals surface area contributed by atoms with E-state index in [0.29, 0.717) is 18.7 Å². The highest BCUT2D eigenvalue weighted by Gasteiger charge is 2.14. The zero-order chi connectivity index (χ0) is 14.4. The van der Waals surface area contributed by atoms with Crippen LogP contribution in [0.25, 0.3) is 0 Å². The molecule has 1 amide bonds. The summed E-state index contributed by atoms with van der Waals surface area (Å²) in [4.78, 5) is 22.5. The lowest BCUT2D eigenvalue weighted by atomic mass is 10.0. The summed E-state index contributed by atoms with van der Waals surface area (Å²) < 4.78 is 0. The Morgan fingerprint density at radius 1 is 1.42 bits per heavy atom. The zero-order valence-corrected chi connectivity index (χ0v) is 10.7. The van der Waals surface area contributed by atoms with Crippen LogP contribution in [0.3, 0.4) is 0 Å². The number of nitrogens with one attached hydrogen (secondary N) is 1. The van der Waals surface area contributed by atoms with Gasteiger partial charge in [0.25, 0.3) is 0 Å². The molecule has 1 rings (SSSR count). The van der Waals surface area contributed by atoms with E-state index in [0.717, 1.165) is 6.42 Å². The molecular weight excluding hydrogens is 248 g/mol. The van der Waals surface area contributed by atoms with E-state index in [2.05, 4.69) is 5.32 Å². The van der Waals surface area contributed by atoms with Crippen molar-refractivity contribution in [1.29, 1.82) is 0 Å². The molecule has 0 heterocycles. The third-order valence-corrected chi connectivity index (χ3v) is 2.78. The van der Waals surface area contributed by atoms with Crippen LogP contribution in [0.5, 0.6) is 5.75 Å². The van der Waals surface area contributed by atoms with Crippen molar-refractivity contribution in [2.45, 2.75) is 19.8 Å². The molecule has 1 aromatic rings. The van der Waals surface area contributed by atoms with Gasteiger partial charge in [-0.15, -0.1) is 0 Å². The van der Waals surface area contributed by atoms with Gasteiger partial charge in [-0.3, -0.25) is 4.79 Å². The molecule has 0 spiro atoms. The van der Waals surface area contributed by atoms with Crippen molar-refractivity contribution < 1.29 is 19.8 Å². The van der Waals surface area contributed by atoms with Crippen LogP contribution in [0.15, 0.2) is 18.2 Å². The van der Waals surface area contributed by atoms with Gasteiger partial charge in [0.15, 0.2) is 0 Å². The maximum absolute atomic E-state index is 11.8. The van der Waals surface area contributed by atoms with Gasteiger partial charge in [-0.05, 0) is 31.5 Å². The lowest BCUT2D eigenvalue weighted by molar-refractivity contribution is -0.119. The third kappa shape index (κ3) is 4.26. The molecule has 0 fully saturated rings. The first-order valence-corrected chi connectivity index (χ1v) is 6.03. The topological polar surface area (TPSA) is 113 Å². The largest absolute Gasteiger partial charge is 0.507 e. The molecule has 19 heavy (non-hydrogen) atoms. The Balaban J connectivity index is 2.70. The van der Waals surface area contributed by atoms with Crippen LogP contribution in [-0.4, -0.2) is 28.6 Å². The maximum Gasteiger partial charge on any atom is 0.339 e. The second kappa shape index (κ2) is 6.75. The summed E-state index contributed by atoms with van der Waals surface area (Å²) in [6.45, 7) is 2.32. The van der Waals surface area contributed by atoms with Gasteiger partial charge in [0, 0.05) is 17.7 Å². The molecule has 1 aromatic carbocycles. The molecule has 0 radical (unpaired) electrons. The highest BCUT2D eigenvalue weighted by molar-refractivity contribution is 5.95. The predicted octanol–water partition coefficient (Wildman–Crippen LogP) is 1.40. The van der Waals surface area contributed by atoms with Crippen LogP contribution in [0.4, 0.5) is 5.69 Å². The Hall–Kier alpha value is -2.08. The molecule has 5 N–H and O–H groups in total. The number of aromatic hydroxyl groups is 1. The van der Waals surface area contributed by atoms with Crippen molar-refractivity contribution in [3.63, 3.8) is 0 Å². The molecule has 6 heteroatoms. The molecule has 0 aliphatic rings. The van der Waals surface area contributed by atoms with Gasteiger partial charge in [-0.2, -0.15) is 0 Å². The summed E-state index contributed by atoms with van der Waals surface area (Å²) in [7, 11) is 0. The number of rotatable bonds is 6. The molecule has 0 saturated heterocycles. The first kappa shape index (κ1) is 15.0. The number of carbonyl (C=O) groups is 2. The standard InChI is InChI=1S/C13H18N2O4/c1-8(3-2-6-14)12(17)15-9-4-5-10(13(18)19)11(16)7-9/h4-5,7-8,16H,2-3,6,14H2,1H3,(H,15,17)(H,18,19). The monoisotopic (exact) mass is 266 g/mol. The molecule has 6 nitrogen and oxygen atoms in total. The SMILES string of the molecule is CC(CCCN)C(=O)Nc1ccc(C(=O)O)c(O)c1. The number of aromatic carboxylic acids is 1. The number of anilines is 1. The van der Waals surface area contributed by atoms with E-state index < -0.39 is 5.97 Å². The van der Waals surface area contributed by atoms with E-state index in [1.54, 1.807) is 6.92 Å². The number of hydrogen-bond donors (Lipinski definition) is 4. The van der Waals surface area contributed by atoms with Crippen LogP contribution >= 0.6 is 0 Å². The fourth-order valence-corrected chi connectivity index (χ4v) is 1.61. The predicted molar refractivity (Wildman–Crippen MR) is 71.1 cm³/mol. The Bertz CT molecular complexity index is 474. The number of carbonyl (C=O) groups excluding carboxylic acids is 1. The highest BCUT2D eigenvalue weighted by atomic mass is 16.4. The fourth-order valence-electron chi connectivity index (χ4n) is 1.61. The van der Waals surface area contributed by atoms with Gasteiger partial charge in [-0.1, -0.05) is 6.92 Å². The Kier molecular flexibility index (Phi) is 5.32. The minimum atomic E-state index is -1.22. The van der Waals surface area contributed by atoms with Gasteiger partial charge in [0.05, 0.1) is 0 Å². The molecular formula is C13H18N2O4. The summed E-state index contributed by atoms with van der Waals surface area (Å²) >= 11 is 0. The molecule has 0 aromatic heterocycles. The number of nitrogens with two attached hydrogens (primary N) is 1. The summed E-state index contributed by atoms with van der Waals surface area (Å²) in [5.74, 6) is -1.97. The van der Waals surface area contributed by atoms with E-state index >= 15 is 0 Å². The smallest absolute Gasteiger partial charge is 0.339 e. The Labute approximate surface area is 111 Å². The first-order chi connectivity index (χ1) is 8.95. The summed E-state index contributed by atoms with van der Waals surface area (Å²) in [5.41, 5.74) is 5.54. The van der Waals surface area contributed by atoms with Crippen LogP contribution in [0.1, 0.15) is 30.1 Å². The highest BCUT2D eigenvalue weighted by Crippen LogP contribution is 2.22. The van der Waals surface area contributed by atoms with Crippen LogP contribution in [0.2, 0.25) is 0 Å². The second-order valence-electron chi connectivity index (χ2n) is 4.36. The van der Waals surface area contributed by atoms with Crippen molar-refractivity contribution in [3.8, 4) is 5.75 Å². The van der Waals surface area contributed by atoms with E-state index in [1.165, 1.54) is 18.2 Å². The molecule has 0 aliphatic carbocycles. The number of amides is 1. The maximum atomic E-state index is 11.8. The van der Waals surface area contributed by atoms with Gasteiger partial charge in [-0.25, -0.2) is 4.79 Å². The van der Waals surface area contributed by atoms with Crippen molar-refractivity contribution in [2.24, 2.45) is 11.7 Å². The minimum Gasteiger partial charge on any atom is -0.507 e. The van der Waals surface area contributed by atoms with E-state index in [4.69, 9.17) is 10.8 Å². The summed E-state index contributed by atoms with van der Waals surface area (Å²) in [6, 6.07) is 3.91. The molecule has 0 bridgehead atoms. The average Bonchev–Trinajstić information content (AvgIpc) is 2.35. The summed E-state index contributed by atoms with van der Waals surface area (Å²) in [6.07, 6.45) is 1.44. The van der Waals surface area contributed by atoms with Crippen molar-refractivity contribution in [1.82, 2.24) is 0 Å². The Morgan fingerprint density at radius 3 is 2.63 bits per heavy atom. The number of phenols is 1. The van der Waals surface area contributed by atoms with Crippen LogP contribution in [-0.2, 0) is 4.79 Å². The normalized spacial score (nSPS) is 11.9. The van der Waals surface area contributed by atoms with E-state index in [9.17, 15) is 14.7 Å². The molecule has 0 saturated carbocycles. The van der Waals surface area contributed by atoms with E-state index in [1.807, 2.05) is 0 Å². The minimum absolute atomic E-state index is 0.184. The second-order valence-corrected chi connectivity index (χ2v) is 4.36. The lowest BCUT2D eigenvalue weighted by Crippen LogP contribution is -2.21. The Morgan fingerprint density at radius 2 is 2.11 bits per heavy atom. The molecule has 0 aliphatic heterocycles. The van der Waals surface area contributed by atoms with Crippen molar-refractivity contribution >= 4 is 17.6 Å². The number of carboxylic acids is 1. The van der Waals surface area contributed by atoms with Crippen LogP contribution in [0, 0.1) is 5.92 Å². The van der Waals surface area contributed by atoms with Crippen molar-refractivity contribution in [2.75, 3.05) is 11.9 Å². The molecule has 104 valence electrons. The number of benzene rings is 1. The zero-order valence-electron chi connectivity index (χ0n) is 10.7. The van der Waals surface area contributed by atoms with Crippen molar-refractivity contribution in [3.05, 3.63) is 23.8 Å². The van der Waals surface area contributed by atoms with Gasteiger partial charge < -0.3 is 21.3 Å². The number of hydrogen-bond acceptors (Lipinski definition) is 4. The quantitative estimate of drug-likeness (QED) is 0.621. The van der Waals surface area contributed by atoms with Gasteiger partial charge >= 0.3 is 5.97 Å². The average molecular weight is 266 g/mol. The van der Waals surface area contributed by atoms with Crippen LogP contribution < -0.4 is 11.1 Å². The molecule has 1 atom stereocenters. The molecule has 1 unspecified atom stereocenters. The lowest BCUT2D eigenvalue weighted by Gasteiger charge is -2.12. The van der Waals surface area contributed by atoms with E-state index in [-0.39, 0.29) is 23.1 Å². The van der Waals surface area contributed by atoms with Gasteiger partial charge in [0.2, 0.25) is 5.91 Å².